The van der Waals surface area contributed by atoms with Gasteiger partial charge in [-0.3, -0.25) is 9.78 Å². The van der Waals surface area contributed by atoms with E-state index in [1.807, 2.05) is 25.1 Å². The number of nitrogens with one attached hydrogen (secondary N) is 2. The SMILES string of the molecule is CNc1ccc(C(=O)NCc2cccc(C)n2)cn1. The molecule has 0 fully saturated rings. The van der Waals surface area contributed by atoms with Gasteiger partial charge in [0.25, 0.3) is 5.91 Å². The largest absolute Gasteiger partial charge is 0.373 e. The molecule has 2 N–H and O–H groups in total. The van der Waals surface area contributed by atoms with Crippen LogP contribution >= 0.6 is 0 Å². The molecule has 0 aliphatic heterocycles. The second-order valence-corrected chi connectivity index (χ2v) is 4.14. The minimum absolute atomic E-state index is 0.154. The molecule has 0 spiro atoms. The molecule has 0 aromatic carbocycles. The van der Waals surface area contributed by atoms with Gasteiger partial charge in [0.2, 0.25) is 0 Å². The van der Waals surface area contributed by atoms with E-state index in [-0.39, 0.29) is 5.91 Å². The number of nitrogens with zero attached hydrogens (tertiary/aromatic N) is 2. The average molecular weight is 256 g/mol. The van der Waals surface area contributed by atoms with E-state index in [9.17, 15) is 4.79 Å². The number of aryl methyl sites for hydroxylation is 1. The zero-order valence-electron chi connectivity index (χ0n) is 11.0. The van der Waals surface area contributed by atoms with Crippen molar-refractivity contribution in [3.8, 4) is 0 Å². The van der Waals surface area contributed by atoms with Crippen molar-refractivity contribution in [2.24, 2.45) is 0 Å². The van der Waals surface area contributed by atoms with Gasteiger partial charge in [0, 0.05) is 18.9 Å². The number of hydrogen-bond acceptors (Lipinski definition) is 4. The summed E-state index contributed by atoms with van der Waals surface area (Å²) in [6, 6.07) is 9.23. The highest BCUT2D eigenvalue weighted by atomic mass is 16.1. The summed E-state index contributed by atoms with van der Waals surface area (Å²) in [6.45, 7) is 2.33. The molecule has 1 amide bonds. The van der Waals surface area contributed by atoms with E-state index in [4.69, 9.17) is 0 Å². The maximum absolute atomic E-state index is 11.9. The number of carbonyl (C=O) groups excluding carboxylic acids is 1. The Morgan fingerprint density at radius 2 is 2.11 bits per heavy atom. The van der Waals surface area contributed by atoms with Crippen LogP contribution in [0.5, 0.6) is 0 Å². The molecule has 2 heterocycles. The molecule has 2 rings (SSSR count). The summed E-state index contributed by atoms with van der Waals surface area (Å²) < 4.78 is 0. The molecule has 98 valence electrons. The number of pyridine rings is 2. The van der Waals surface area contributed by atoms with Crippen molar-refractivity contribution in [3.63, 3.8) is 0 Å². The fourth-order valence-corrected chi connectivity index (χ4v) is 1.65. The second-order valence-electron chi connectivity index (χ2n) is 4.14. The number of aromatic nitrogens is 2. The highest BCUT2D eigenvalue weighted by Crippen LogP contribution is 2.04. The fourth-order valence-electron chi connectivity index (χ4n) is 1.65. The molecule has 0 bridgehead atoms. The first-order chi connectivity index (χ1) is 9.19. The molecule has 0 unspecified atom stereocenters. The summed E-state index contributed by atoms with van der Waals surface area (Å²) >= 11 is 0. The van der Waals surface area contributed by atoms with E-state index in [0.29, 0.717) is 12.1 Å². The first-order valence-electron chi connectivity index (χ1n) is 6.03. The van der Waals surface area contributed by atoms with Crippen molar-refractivity contribution in [2.45, 2.75) is 13.5 Å². The van der Waals surface area contributed by atoms with E-state index in [0.717, 1.165) is 17.2 Å². The van der Waals surface area contributed by atoms with Crippen molar-refractivity contribution in [1.82, 2.24) is 15.3 Å². The molecule has 0 radical (unpaired) electrons. The molecule has 0 aliphatic carbocycles. The van der Waals surface area contributed by atoms with Gasteiger partial charge < -0.3 is 10.6 Å². The Hall–Kier alpha value is -2.43. The van der Waals surface area contributed by atoms with Crippen molar-refractivity contribution in [3.05, 3.63) is 53.5 Å². The minimum Gasteiger partial charge on any atom is -0.373 e. The number of amides is 1. The lowest BCUT2D eigenvalue weighted by atomic mass is 10.2. The Kier molecular flexibility index (Phi) is 4.07. The van der Waals surface area contributed by atoms with Crippen LogP contribution in [-0.4, -0.2) is 22.9 Å². The zero-order valence-corrected chi connectivity index (χ0v) is 11.0. The molecule has 0 aliphatic rings. The summed E-state index contributed by atoms with van der Waals surface area (Å²) in [4.78, 5) is 20.3. The smallest absolute Gasteiger partial charge is 0.253 e. The van der Waals surface area contributed by atoms with Gasteiger partial charge in [0.15, 0.2) is 0 Å². The quantitative estimate of drug-likeness (QED) is 0.874. The van der Waals surface area contributed by atoms with E-state index >= 15 is 0 Å². The lowest BCUT2D eigenvalue weighted by molar-refractivity contribution is 0.0950. The Bertz CT molecular complexity index is 566. The van der Waals surface area contributed by atoms with Crippen molar-refractivity contribution in [2.75, 3.05) is 12.4 Å². The number of carbonyl (C=O) groups is 1. The Balaban J connectivity index is 1.97. The molecule has 0 saturated heterocycles. The van der Waals surface area contributed by atoms with E-state index in [1.165, 1.54) is 0 Å². The zero-order chi connectivity index (χ0) is 13.7. The van der Waals surface area contributed by atoms with Crippen LogP contribution in [0.4, 0.5) is 5.82 Å². The van der Waals surface area contributed by atoms with Crippen LogP contribution < -0.4 is 10.6 Å². The maximum Gasteiger partial charge on any atom is 0.253 e. The van der Waals surface area contributed by atoms with Gasteiger partial charge in [-0.05, 0) is 31.2 Å². The predicted octanol–water partition coefficient (Wildman–Crippen LogP) is 1.76. The third kappa shape index (κ3) is 3.51. The van der Waals surface area contributed by atoms with Crippen LogP contribution in [0.1, 0.15) is 21.7 Å². The second kappa shape index (κ2) is 5.95. The topological polar surface area (TPSA) is 66.9 Å². The van der Waals surface area contributed by atoms with Gasteiger partial charge in [0.05, 0.1) is 17.8 Å². The van der Waals surface area contributed by atoms with Crippen molar-refractivity contribution < 1.29 is 4.79 Å². The normalized spacial score (nSPS) is 10.0. The minimum atomic E-state index is -0.154. The number of hydrogen-bond donors (Lipinski definition) is 2. The lowest BCUT2D eigenvalue weighted by Gasteiger charge is -2.06. The van der Waals surface area contributed by atoms with E-state index in [2.05, 4.69) is 20.6 Å². The fraction of sp³-hybridized carbons (Fsp3) is 0.214. The highest BCUT2D eigenvalue weighted by Gasteiger charge is 2.06. The van der Waals surface area contributed by atoms with Gasteiger partial charge >= 0.3 is 0 Å². The van der Waals surface area contributed by atoms with Crippen LogP contribution in [0.25, 0.3) is 0 Å². The van der Waals surface area contributed by atoms with E-state index in [1.54, 1.807) is 25.4 Å². The van der Waals surface area contributed by atoms with Crippen LogP contribution in [0.2, 0.25) is 0 Å². The molecule has 2 aromatic heterocycles. The predicted molar refractivity (Wildman–Crippen MR) is 73.9 cm³/mol. The van der Waals surface area contributed by atoms with Crippen LogP contribution in [0, 0.1) is 6.92 Å². The molecule has 2 aromatic rings. The maximum atomic E-state index is 11.9. The standard InChI is InChI=1S/C14H16N4O/c1-10-4-3-5-12(18-10)9-17-14(19)11-6-7-13(15-2)16-8-11/h3-8H,9H2,1-2H3,(H,15,16)(H,17,19). The van der Waals surface area contributed by atoms with Crippen LogP contribution in [-0.2, 0) is 6.54 Å². The first kappa shape index (κ1) is 13.0. The van der Waals surface area contributed by atoms with Gasteiger partial charge in [-0.2, -0.15) is 0 Å². The average Bonchev–Trinajstić information content (AvgIpc) is 2.45. The Labute approximate surface area is 112 Å². The molecular weight excluding hydrogens is 240 g/mol. The third-order valence-corrected chi connectivity index (χ3v) is 2.66. The molecule has 5 heteroatoms. The first-order valence-corrected chi connectivity index (χ1v) is 6.03. The molecule has 0 saturated carbocycles. The van der Waals surface area contributed by atoms with Crippen LogP contribution in [0.15, 0.2) is 36.5 Å². The molecular formula is C14H16N4O. The lowest BCUT2D eigenvalue weighted by Crippen LogP contribution is -2.23. The highest BCUT2D eigenvalue weighted by molar-refractivity contribution is 5.93. The van der Waals surface area contributed by atoms with Crippen molar-refractivity contribution in [1.29, 1.82) is 0 Å². The third-order valence-electron chi connectivity index (χ3n) is 2.66. The summed E-state index contributed by atoms with van der Waals surface area (Å²) in [7, 11) is 1.78. The molecule has 19 heavy (non-hydrogen) atoms. The summed E-state index contributed by atoms with van der Waals surface area (Å²) in [6.07, 6.45) is 1.55. The van der Waals surface area contributed by atoms with Gasteiger partial charge in [-0.1, -0.05) is 6.07 Å². The van der Waals surface area contributed by atoms with Gasteiger partial charge in [-0.25, -0.2) is 4.98 Å². The van der Waals surface area contributed by atoms with Crippen LogP contribution in [0.3, 0.4) is 0 Å². The summed E-state index contributed by atoms with van der Waals surface area (Å²) in [5.41, 5.74) is 2.31. The Morgan fingerprint density at radius 3 is 2.74 bits per heavy atom. The molecule has 5 nitrogen and oxygen atoms in total. The monoisotopic (exact) mass is 256 g/mol. The number of anilines is 1. The molecule has 0 atom stereocenters. The number of rotatable bonds is 4. The van der Waals surface area contributed by atoms with Gasteiger partial charge in [0.1, 0.15) is 5.82 Å². The van der Waals surface area contributed by atoms with Gasteiger partial charge in [-0.15, -0.1) is 0 Å². The summed E-state index contributed by atoms with van der Waals surface area (Å²) in [5, 5.41) is 5.72. The Morgan fingerprint density at radius 1 is 1.26 bits per heavy atom. The van der Waals surface area contributed by atoms with E-state index < -0.39 is 0 Å². The van der Waals surface area contributed by atoms with Crippen molar-refractivity contribution >= 4 is 11.7 Å². The summed E-state index contributed by atoms with van der Waals surface area (Å²) in [5.74, 6) is 0.579.